The molecule has 4 nitrogen and oxygen atoms in total. The Labute approximate surface area is 133 Å². The van der Waals surface area contributed by atoms with Gasteiger partial charge in [0.25, 0.3) is 0 Å². The minimum atomic E-state index is -0.994. The van der Waals surface area contributed by atoms with Gasteiger partial charge in [-0.05, 0) is 17.7 Å². The summed E-state index contributed by atoms with van der Waals surface area (Å²) in [6, 6.07) is 17.4. The molecule has 1 fully saturated rings. The van der Waals surface area contributed by atoms with Gasteiger partial charge in [0.15, 0.2) is 5.37 Å². The van der Waals surface area contributed by atoms with Crippen LogP contribution >= 0.6 is 11.8 Å². The van der Waals surface area contributed by atoms with Gasteiger partial charge in [0.1, 0.15) is 24.4 Å². The number of carbonyl (C=O) groups excluding carboxylic acids is 1. The Hall–Kier alpha value is -1.98. The number of ether oxygens (including phenoxy) is 1. The third kappa shape index (κ3) is 3.61. The topological polar surface area (TPSA) is 66.0 Å². The molecule has 2 aromatic carbocycles. The SMILES string of the molecule is O=C([O-])[C@@H]1CS[C@H](c2cccc(OCc3ccccc3)c2)[NH2+]1. The zero-order valence-electron chi connectivity index (χ0n) is 12.0. The van der Waals surface area contributed by atoms with Crippen molar-refractivity contribution in [1.82, 2.24) is 0 Å². The minimum Gasteiger partial charge on any atom is -0.544 e. The average molecular weight is 315 g/mol. The quantitative estimate of drug-likeness (QED) is 0.882. The summed E-state index contributed by atoms with van der Waals surface area (Å²) in [6.07, 6.45) is 0. The molecular formula is C17H17NO3S. The maximum Gasteiger partial charge on any atom is 0.159 e. The maximum atomic E-state index is 10.9. The van der Waals surface area contributed by atoms with Crippen LogP contribution < -0.4 is 15.2 Å². The molecule has 2 aromatic rings. The van der Waals surface area contributed by atoms with Gasteiger partial charge in [-0.15, -0.1) is 0 Å². The third-order valence-electron chi connectivity index (χ3n) is 3.60. The zero-order valence-corrected chi connectivity index (χ0v) is 12.8. The Morgan fingerprint density at radius 1 is 1.23 bits per heavy atom. The Morgan fingerprint density at radius 2 is 2.05 bits per heavy atom. The highest BCUT2D eigenvalue weighted by atomic mass is 32.2. The second kappa shape index (κ2) is 6.85. The number of thioether (sulfide) groups is 1. The van der Waals surface area contributed by atoms with Crippen molar-refractivity contribution in [1.29, 1.82) is 0 Å². The lowest BCUT2D eigenvalue weighted by Crippen LogP contribution is -2.90. The van der Waals surface area contributed by atoms with Gasteiger partial charge >= 0.3 is 0 Å². The highest BCUT2D eigenvalue weighted by molar-refractivity contribution is 7.99. The van der Waals surface area contributed by atoms with Crippen LogP contribution in [-0.2, 0) is 11.4 Å². The van der Waals surface area contributed by atoms with Crippen molar-refractivity contribution in [2.45, 2.75) is 18.0 Å². The standard InChI is InChI=1S/C17H17NO3S/c19-17(20)15-11-22-16(18-15)13-7-4-8-14(9-13)21-10-12-5-2-1-3-6-12/h1-9,15-16,18H,10-11H2,(H,19,20)/t15-,16+/m0/s1. The monoisotopic (exact) mass is 315 g/mol. The minimum absolute atomic E-state index is 0.0863. The molecule has 0 radical (unpaired) electrons. The Balaban J connectivity index is 1.64. The fourth-order valence-electron chi connectivity index (χ4n) is 2.41. The highest BCUT2D eigenvalue weighted by Crippen LogP contribution is 2.29. The van der Waals surface area contributed by atoms with Gasteiger partial charge in [0.2, 0.25) is 0 Å². The lowest BCUT2D eigenvalue weighted by molar-refractivity contribution is -0.690. The summed E-state index contributed by atoms with van der Waals surface area (Å²) in [6.45, 7) is 0.521. The van der Waals surface area contributed by atoms with E-state index in [-0.39, 0.29) is 5.37 Å². The second-order valence-corrected chi connectivity index (χ2v) is 6.39. The predicted molar refractivity (Wildman–Crippen MR) is 83.1 cm³/mol. The molecule has 5 heteroatoms. The maximum absolute atomic E-state index is 10.9. The lowest BCUT2D eigenvalue weighted by atomic mass is 10.2. The van der Waals surface area contributed by atoms with Crippen LogP contribution in [0, 0.1) is 0 Å². The molecule has 0 unspecified atom stereocenters. The van der Waals surface area contributed by atoms with E-state index in [9.17, 15) is 9.90 Å². The summed E-state index contributed by atoms with van der Waals surface area (Å²) in [5.41, 5.74) is 2.19. The number of rotatable bonds is 5. The van der Waals surface area contributed by atoms with Gasteiger partial charge < -0.3 is 20.0 Å². The van der Waals surface area contributed by atoms with E-state index in [1.54, 1.807) is 11.8 Å². The Morgan fingerprint density at radius 3 is 2.77 bits per heavy atom. The Bertz CT molecular complexity index is 647. The predicted octanol–water partition coefficient (Wildman–Crippen LogP) is 0.693. The molecule has 114 valence electrons. The number of quaternary nitrogens is 1. The number of nitrogens with two attached hydrogens (primary N) is 1. The molecule has 0 aromatic heterocycles. The summed E-state index contributed by atoms with van der Waals surface area (Å²) in [5.74, 6) is 0.376. The molecule has 22 heavy (non-hydrogen) atoms. The van der Waals surface area contributed by atoms with Crippen LogP contribution in [-0.4, -0.2) is 17.8 Å². The van der Waals surface area contributed by atoms with Crippen molar-refractivity contribution in [2.75, 3.05) is 5.75 Å². The van der Waals surface area contributed by atoms with Crippen LogP contribution in [0.2, 0.25) is 0 Å². The molecule has 1 aliphatic heterocycles. The van der Waals surface area contributed by atoms with Gasteiger partial charge in [-0.25, -0.2) is 0 Å². The van der Waals surface area contributed by atoms with Crippen LogP contribution in [0.3, 0.4) is 0 Å². The molecule has 1 heterocycles. The van der Waals surface area contributed by atoms with Gasteiger partial charge in [-0.3, -0.25) is 0 Å². The summed E-state index contributed by atoms with van der Waals surface area (Å²) >= 11 is 1.62. The molecule has 0 amide bonds. The molecule has 0 aliphatic carbocycles. The first-order chi connectivity index (χ1) is 10.7. The molecule has 2 N–H and O–H groups in total. The second-order valence-electron chi connectivity index (χ2n) is 5.22. The fourth-order valence-corrected chi connectivity index (χ4v) is 3.71. The van der Waals surface area contributed by atoms with Crippen molar-refractivity contribution in [3.63, 3.8) is 0 Å². The van der Waals surface area contributed by atoms with Crippen molar-refractivity contribution in [3.05, 3.63) is 65.7 Å². The van der Waals surface area contributed by atoms with E-state index in [0.717, 1.165) is 16.9 Å². The van der Waals surface area contributed by atoms with Crippen molar-refractivity contribution < 1.29 is 20.0 Å². The zero-order chi connectivity index (χ0) is 15.4. The molecule has 0 bridgehead atoms. The van der Waals surface area contributed by atoms with Crippen LogP contribution in [0.5, 0.6) is 5.75 Å². The van der Waals surface area contributed by atoms with E-state index >= 15 is 0 Å². The molecular weight excluding hydrogens is 298 g/mol. The van der Waals surface area contributed by atoms with Crippen LogP contribution in [0.15, 0.2) is 54.6 Å². The summed E-state index contributed by atoms with van der Waals surface area (Å²) in [5, 5.41) is 12.9. The van der Waals surface area contributed by atoms with E-state index in [1.807, 2.05) is 59.9 Å². The number of benzene rings is 2. The normalized spacial score (nSPS) is 20.7. The number of carboxylic acid groups (broad SMARTS) is 1. The van der Waals surface area contributed by atoms with Gasteiger partial charge in [-0.1, -0.05) is 54.2 Å². The van der Waals surface area contributed by atoms with Crippen LogP contribution in [0.1, 0.15) is 16.5 Å². The van der Waals surface area contributed by atoms with E-state index in [1.165, 1.54) is 0 Å². The van der Waals surface area contributed by atoms with Crippen LogP contribution in [0.25, 0.3) is 0 Å². The van der Waals surface area contributed by atoms with E-state index in [0.29, 0.717) is 12.4 Å². The first-order valence-corrected chi connectivity index (χ1v) is 8.21. The van der Waals surface area contributed by atoms with E-state index < -0.39 is 12.0 Å². The highest BCUT2D eigenvalue weighted by Gasteiger charge is 2.30. The molecule has 0 saturated carbocycles. The number of carbonyl (C=O) groups is 1. The Kier molecular flexibility index (Phi) is 4.65. The number of aliphatic carboxylic acids is 1. The fraction of sp³-hybridized carbons (Fsp3) is 0.235. The summed E-state index contributed by atoms with van der Waals surface area (Å²) in [4.78, 5) is 10.9. The van der Waals surface area contributed by atoms with Crippen LogP contribution in [0.4, 0.5) is 0 Å². The third-order valence-corrected chi connectivity index (χ3v) is 4.94. The number of hydrogen-bond donors (Lipinski definition) is 1. The first-order valence-electron chi connectivity index (χ1n) is 7.16. The van der Waals surface area contributed by atoms with E-state index in [2.05, 4.69) is 0 Å². The molecule has 1 saturated heterocycles. The molecule has 3 rings (SSSR count). The van der Waals surface area contributed by atoms with Gasteiger partial charge in [-0.2, -0.15) is 0 Å². The average Bonchev–Trinajstić information content (AvgIpc) is 3.05. The van der Waals surface area contributed by atoms with Crippen molar-refractivity contribution >= 4 is 17.7 Å². The summed E-state index contributed by atoms with van der Waals surface area (Å²) < 4.78 is 5.81. The molecule has 0 spiro atoms. The van der Waals surface area contributed by atoms with Gasteiger partial charge in [0.05, 0.1) is 5.75 Å². The molecule has 1 aliphatic rings. The number of carboxylic acids is 1. The number of hydrogen-bond acceptors (Lipinski definition) is 4. The van der Waals surface area contributed by atoms with Crippen molar-refractivity contribution in [3.8, 4) is 5.75 Å². The van der Waals surface area contributed by atoms with Crippen molar-refractivity contribution in [2.24, 2.45) is 0 Å². The summed E-state index contributed by atoms with van der Waals surface area (Å²) in [7, 11) is 0. The molecule has 2 atom stereocenters. The smallest absolute Gasteiger partial charge is 0.159 e. The largest absolute Gasteiger partial charge is 0.544 e. The first kappa shape index (κ1) is 14.9. The van der Waals surface area contributed by atoms with E-state index in [4.69, 9.17) is 4.74 Å². The van der Waals surface area contributed by atoms with Gasteiger partial charge in [0, 0.05) is 5.56 Å². The lowest BCUT2D eigenvalue weighted by Gasteiger charge is -2.12.